The molecule has 0 spiro atoms. The molecule has 1 aliphatic heterocycles. The highest BCUT2D eigenvalue weighted by molar-refractivity contribution is 7.42. The highest BCUT2D eigenvalue weighted by Crippen LogP contribution is 2.56. The van der Waals surface area contributed by atoms with Gasteiger partial charge < -0.3 is 26.5 Å². The normalized spacial score (nSPS) is 16.1. The summed E-state index contributed by atoms with van der Waals surface area (Å²) in [5.41, 5.74) is 10.8. The largest absolute Gasteiger partial charge is 0.453 e. The van der Waals surface area contributed by atoms with Crippen molar-refractivity contribution in [2.45, 2.75) is 223 Å². The van der Waals surface area contributed by atoms with E-state index in [0.717, 1.165) is 61.1 Å². The van der Waals surface area contributed by atoms with Gasteiger partial charge in [-0.1, -0.05) is 204 Å². The van der Waals surface area contributed by atoms with Crippen LogP contribution >= 0.6 is 16.8 Å². The Hall–Kier alpha value is -3.27. The van der Waals surface area contributed by atoms with E-state index >= 15 is 0 Å². The molecular weight excluding hydrogens is 891 g/mol. The summed E-state index contributed by atoms with van der Waals surface area (Å²) in [7, 11) is -3.84. The lowest BCUT2D eigenvalue weighted by Gasteiger charge is -2.35. The maximum absolute atomic E-state index is 7.72. The van der Waals surface area contributed by atoms with Gasteiger partial charge in [0.1, 0.15) is 22.7 Å². The molecule has 0 N–H and O–H groups in total. The van der Waals surface area contributed by atoms with Gasteiger partial charge in [-0.2, -0.15) is 0 Å². The average Bonchev–Trinajstić information content (AvgIpc) is 3.31. The summed E-state index contributed by atoms with van der Waals surface area (Å²) < 4.78 is 42.7. The molecular formula is C61H90O6P2. The first-order valence-corrected chi connectivity index (χ1v) is 27.5. The first-order valence-electron chi connectivity index (χ1n) is 25.3. The molecule has 1 aliphatic rings. The van der Waals surface area contributed by atoms with Crippen LogP contribution in [0.15, 0.2) is 56.9 Å². The second-order valence-corrected chi connectivity index (χ2v) is 31.3. The maximum atomic E-state index is 7.72. The van der Waals surface area contributed by atoms with Crippen LogP contribution in [0.1, 0.15) is 225 Å². The minimum atomic E-state index is -2.14. The summed E-state index contributed by atoms with van der Waals surface area (Å²) in [4.78, 5) is 0. The van der Waals surface area contributed by atoms with Gasteiger partial charge in [-0.25, -0.2) is 0 Å². The molecule has 0 atom stereocenters. The van der Waals surface area contributed by atoms with Crippen LogP contribution in [0.2, 0.25) is 0 Å². The van der Waals surface area contributed by atoms with Gasteiger partial charge in [0.05, 0.1) is 13.2 Å². The van der Waals surface area contributed by atoms with E-state index in [1.807, 2.05) is 0 Å². The Bertz CT molecular complexity index is 2660. The molecule has 1 fully saturated rings. The smallest absolute Gasteiger partial charge is 0.426 e. The highest BCUT2D eigenvalue weighted by atomic mass is 31.2. The fraction of sp³-hybridized carbons (Fsp3) is 0.607. The Morgan fingerprint density at radius 1 is 0.377 bits per heavy atom. The Balaban J connectivity index is 1.87. The molecule has 0 amide bonds. The van der Waals surface area contributed by atoms with E-state index in [9.17, 15) is 0 Å². The Kier molecular flexibility index (Phi) is 14.4. The molecule has 6 rings (SSSR count). The average molecular weight is 981 g/mol. The minimum absolute atomic E-state index is 0.113. The summed E-state index contributed by atoms with van der Waals surface area (Å²) in [5, 5.41) is 2.07. The Morgan fingerprint density at radius 3 is 0.971 bits per heavy atom. The topological polar surface area (TPSA) is 63.2 Å². The third-order valence-corrected chi connectivity index (χ3v) is 15.4. The van der Waals surface area contributed by atoms with Crippen molar-refractivity contribution in [3.8, 4) is 22.6 Å². The van der Waals surface area contributed by atoms with Crippen molar-refractivity contribution in [2.24, 2.45) is 5.41 Å². The zero-order chi connectivity index (χ0) is 52.2. The molecule has 8 heteroatoms. The molecule has 0 aliphatic carbocycles. The molecule has 1 aromatic heterocycles. The molecule has 0 radical (unpaired) electrons. The summed E-state index contributed by atoms with van der Waals surface area (Å²) in [5.74, 6) is 1.46. The van der Waals surface area contributed by atoms with Gasteiger partial charge in [0.15, 0.2) is 0 Å². The van der Waals surface area contributed by atoms with Crippen molar-refractivity contribution < 1.29 is 26.5 Å². The molecule has 380 valence electrons. The fourth-order valence-corrected chi connectivity index (χ4v) is 11.2. The van der Waals surface area contributed by atoms with Gasteiger partial charge in [0.2, 0.25) is 0 Å². The Labute approximate surface area is 421 Å². The van der Waals surface area contributed by atoms with E-state index in [4.69, 9.17) is 26.5 Å². The SMILES string of the molecule is CC1(C)COP(Oc2c(-c3cc(C(C)(C)C)cc(C(C)(C)C)c3Op3oc4c(C(C)(C)C)cc(C(C)(C)C)cc4c4cc(C(C)(C)C)cc(C(C)(C)C)c4o3)cc(C(C)(C)C)cc2C(C)(C)C)OC1. The van der Waals surface area contributed by atoms with Crippen molar-refractivity contribution in [1.29, 1.82) is 0 Å². The second-order valence-electron chi connectivity index (χ2n) is 29.1. The number of hydrogen-bond donors (Lipinski definition) is 0. The zero-order valence-electron chi connectivity index (χ0n) is 47.9. The highest BCUT2D eigenvalue weighted by Gasteiger charge is 2.37. The Morgan fingerprint density at radius 2 is 0.667 bits per heavy atom. The van der Waals surface area contributed by atoms with E-state index < -0.39 is 16.8 Å². The number of benzene rings is 4. The fourth-order valence-electron chi connectivity index (χ4n) is 8.61. The standard InChI is InChI=1S/C61H90O6P2/c1-53(2,3)37-27-41(49(45(31-37)57(13,14)15)64-68-62-35-61(25,26)36-63-68)42-28-38(54(4,5)6)32-46(58(16,17)18)50(42)65-69-66-51-43(29-39(55(7,8)9)33-47(51)59(19,20)21)44-30-40(56(10,11)12)34-48(52(44)67-69)60(22,23)24/h27-34H,35-36H2,1-26H3. The predicted molar refractivity (Wildman–Crippen MR) is 297 cm³/mol. The summed E-state index contributed by atoms with van der Waals surface area (Å²) in [6.07, 6.45) is 0. The molecule has 2 heterocycles. The van der Waals surface area contributed by atoms with Crippen molar-refractivity contribution in [2.75, 3.05) is 13.2 Å². The van der Waals surface area contributed by atoms with E-state index in [1.165, 1.54) is 22.3 Å². The van der Waals surface area contributed by atoms with Crippen molar-refractivity contribution in [3.63, 3.8) is 0 Å². The van der Waals surface area contributed by atoms with Crippen LogP contribution < -0.4 is 9.05 Å². The third kappa shape index (κ3) is 12.2. The van der Waals surface area contributed by atoms with Crippen LogP contribution in [0.5, 0.6) is 11.5 Å². The summed E-state index contributed by atoms with van der Waals surface area (Å²) in [6.45, 7) is 60.1. The van der Waals surface area contributed by atoms with Gasteiger partial charge >= 0.3 is 16.8 Å². The lowest BCUT2D eigenvalue weighted by Crippen LogP contribution is -2.29. The summed E-state index contributed by atoms with van der Waals surface area (Å²) >= 11 is 0. The van der Waals surface area contributed by atoms with Gasteiger partial charge in [-0.3, -0.25) is 0 Å². The van der Waals surface area contributed by atoms with E-state index in [2.05, 4.69) is 229 Å². The van der Waals surface area contributed by atoms with Crippen LogP contribution in [0.3, 0.4) is 0 Å². The van der Waals surface area contributed by atoms with Crippen molar-refractivity contribution in [3.05, 3.63) is 93.0 Å². The van der Waals surface area contributed by atoms with E-state index in [-0.39, 0.29) is 48.7 Å². The number of hydrogen-bond acceptors (Lipinski definition) is 6. The summed E-state index contributed by atoms with van der Waals surface area (Å²) in [6, 6.07) is 18.7. The third-order valence-electron chi connectivity index (χ3n) is 13.4. The number of rotatable bonds is 5. The van der Waals surface area contributed by atoms with Crippen LogP contribution in [-0.2, 0) is 52.4 Å². The van der Waals surface area contributed by atoms with Gasteiger partial charge in [-0.15, -0.1) is 0 Å². The van der Waals surface area contributed by atoms with Crippen LogP contribution in [0, 0.1) is 5.41 Å². The molecule has 0 saturated carbocycles. The minimum Gasteiger partial charge on any atom is -0.426 e. The molecule has 5 aromatic rings. The molecule has 0 bridgehead atoms. The van der Waals surface area contributed by atoms with E-state index in [0.29, 0.717) is 19.0 Å². The van der Waals surface area contributed by atoms with Gasteiger partial charge in [0, 0.05) is 49.6 Å². The zero-order valence-corrected chi connectivity index (χ0v) is 49.7. The molecule has 6 nitrogen and oxygen atoms in total. The molecule has 69 heavy (non-hydrogen) atoms. The predicted octanol–water partition coefficient (Wildman–Crippen LogP) is 19.9. The van der Waals surface area contributed by atoms with Gasteiger partial charge in [0.25, 0.3) is 0 Å². The quantitative estimate of drug-likeness (QED) is 0.164. The van der Waals surface area contributed by atoms with Crippen LogP contribution in [0.25, 0.3) is 33.1 Å². The van der Waals surface area contributed by atoms with Crippen molar-refractivity contribution >= 4 is 38.8 Å². The second kappa shape index (κ2) is 18.0. The molecule has 1 saturated heterocycles. The molecule has 0 unspecified atom stereocenters. The van der Waals surface area contributed by atoms with Crippen molar-refractivity contribution in [1.82, 2.24) is 0 Å². The first-order chi connectivity index (χ1) is 31.0. The maximum Gasteiger partial charge on any atom is 0.453 e. The number of fused-ring (bicyclic) bond motifs is 3. The monoisotopic (exact) mass is 981 g/mol. The van der Waals surface area contributed by atoms with E-state index in [1.54, 1.807) is 0 Å². The first kappa shape index (κ1) is 55.1. The van der Waals surface area contributed by atoms with Crippen LogP contribution in [0.4, 0.5) is 0 Å². The lowest BCUT2D eigenvalue weighted by atomic mass is 9.75. The molecule has 4 aromatic carbocycles. The van der Waals surface area contributed by atoms with Gasteiger partial charge in [-0.05, 0) is 89.8 Å². The van der Waals surface area contributed by atoms with Crippen LogP contribution in [-0.4, -0.2) is 13.2 Å². The lowest BCUT2D eigenvalue weighted by molar-refractivity contribution is 0.0425.